The van der Waals surface area contributed by atoms with Gasteiger partial charge >= 0.3 is 5.97 Å². The minimum absolute atomic E-state index is 0.150. The van der Waals surface area contributed by atoms with Gasteiger partial charge in [-0.25, -0.2) is 4.79 Å². The molecule has 1 fully saturated rings. The summed E-state index contributed by atoms with van der Waals surface area (Å²) in [5.41, 5.74) is 0.291. The first-order valence-electron chi connectivity index (χ1n) is 8.77. The molecule has 0 aliphatic heterocycles. The molecule has 0 saturated heterocycles. The normalized spacial score (nSPS) is 22.9. The molecule has 0 atom stereocenters. The molecule has 2 N–H and O–H groups in total. The van der Waals surface area contributed by atoms with Crippen LogP contribution in [-0.2, 0) is 4.79 Å². The second-order valence-electron chi connectivity index (χ2n) is 6.97. The molecule has 1 amide bonds. The van der Waals surface area contributed by atoms with Gasteiger partial charge in [-0.05, 0) is 63.6 Å². The number of carboxylic acid groups (broad SMARTS) is 1. The van der Waals surface area contributed by atoms with Gasteiger partial charge in [-0.2, -0.15) is 0 Å². The first-order valence-corrected chi connectivity index (χ1v) is 8.77. The maximum absolute atomic E-state index is 12.6. The van der Waals surface area contributed by atoms with Gasteiger partial charge in [-0.3, -0.25) is 4.79 Å². The van der Waals surface area contributed by atoms with Crippen LogP contribution in [0.3, 0.4) is 0 Å². The van der Waals surface area contributed by atoms with Gasteiger partial charge in [0.25, 0.3) is 5.91 Å². The van der Waals surface area contributed by atoms with Crippen molar-refractivity contribution in [2.75, 3.05) is 13.2 Å². The Kier molecular flexibility index (Phi) is 6.28. The number of amides is 1. The molecule has 1 saturated carbocycles. The molecule has 0 bridgehead atoms. The van der Waals surface area contributed by atoms with Crippen molar-refractivity contribution in [3.63, 3.8) is 0 Å². The maximum Gasteiger partial charge on any atom is 0.341 e. The third-order valence-electron chi connectivity index (χ3n) is 4.65. The van der Waals surface area contributed by atoms with Crippen LogP contribution in [0.15, 0.2) is 18.2 Å². The Morgan fingerprint density at radius 1 is 1.24 bits per heavy atom. The lowest BCUT2D eigenvalue weighted by molar-refractivity contribution is -0.139. The van der Waals surface area contributed by atoms with E-state index in [0.717, 1.165) is 25.7 Å². The molecular weight excluding hydrogens is 322 g/mol. The lowest BCUT2D eigenvalue weighted by Gasteiger charge is -2.37. The molecule has 6 nitrogen and oxygen atoms in total. The van der Waals surface area contributed by atoms with E-state index in [-0.39, 0.29) is 11.4 Å². The molecular formula is C19H27NO5. The number of carboxylic acids is 1. The van der Waals surface area contributed by atoms with Crippen LogP contribution in [0.25, 0.3) is 0 Å². The standard InChI is InChI=1S/C19H27NO5/c1-4-24-16-11-14(5-6-15(16)25-12-17(21)22)18(23)20-19(3)9-7-13(2)8-10-19/h5-6,11,13H,4,7-10,12H2,1-3H3,(H,20,23)(H,21,22). The second-order valence-corrected chi connectivity index (χ2v) is 6.97. The molecule has 6 heteroatoms. The Labute approximate surface area is 148 Å². The topological polar surface area (TPSA) is 84.9 Å². The Bertz CT molecular complexity index is 620. The van der Waals surface area contributed by atoms with Gasteiger partial charge in [0, 0.05) is 11.1 Å². The fourth-order valence-electron chi connectivity index (χ4n) is 3.05. The van der Waals surface area contributed by atoms with Crippen LogP contribution in [-0.4, -0.2) is 35.7 Å². The summed E-state index contributed by atoms with van der Waals surface area (Å²) in [6.07, 6.45) is 4.17. The number of aliphatic carboxylic acids is 1. The molecule has 1 aromatic carbocycles. The molecule has 25 heavy (non-hydrogen) atoms. The molecule has 138 valence electrons. The van der Waals surface area contributed by atoms with Crippen LogP contribution in [0.5, 0.6) is 11.5 Å². The number of carbonyl (C=O) groups is 2. The average Bonchev–Trinajstić information content (AvgIpc) is 2.56. The largest absolute Gasteiger partial charge is 0.490 e. The van der Waals surface area contributed by atoms with E-state index in [4.69, 9.17) is 14.6 Å². The van der Waals surface area contributed by atoms with E-state index in [1.54, 1.807) is 18.2 Å². The van der Waals surface area contributed by atoms with Gasteiger partial charge in [0.15, 0.2) is 18.1 Å². The Morgan fingerprint density at radius 3 is 2.52 bits per heavy atom. The van der Waals surface area contributed by atoms with Gasteiger partial charge in [0.2, 0.25) is 0 Å². The van der Waals surface area contributed by atoms with Crippen LogP contribution in [0, 0.1) is 5.92 Å². The zero-order valence-electron chi connectivity index (χ0n) is 15.1. The summed E-state index contributed by atoms with van der Waals surface area (Å²) >= 11 is 0. The van der Waals surface area contributed by atoms with Crippen LogP contribution < -0.4 is 14.8 Å². The number of hydrogen-bond donors (Lipinski definition) is 2. The zero-order chi connectivity index (χ0) is 18.4. The summed E-state index contributed by atoms with van der Waals surface area (Å²) in [6, 6.07) is 4.81. The Balaban J connectivity index is 2.11. The fourth-order valence-corrected chi connectivity index (χ4v) is 3.05. The monoisotopic (exact) mass is 349 g/mol. The van der Waals surface area contributed by atoms with E-state index < -0.39 is 12.6 Å². The highest BCUT2D eigenvalue weighted by molar-refractivity contribution is 5.95. The lowest BCUT2D eigenvalue weighted by atomic mass is 9.78. The first kappa shape index (κ1) is 19.1. The van der Waals surface area contributed by atoms with Crippen molar-refractivity contribution in [1.82, 2.24) is 5.32 Å². The van der Waals surface area contributed by atoms with Gasteiger partial charge in [-0.1, -0.05) is 6.92 Å². The minimum atomic E-state index is -1.07. The van der Waals surface area contributed by atoms with E-state index in [1.807, 2.05) is 6.92 Å². The molecule has 0 radical (unpaired) electrons. The van der Waals surface area contributed by atoms with Crippen LogP contribution in [0.1, 0.15) is 56.8 Å². The summed E-state index contributed by atoms with van der Waals surface area (Å²) in [4.78, 5) is 23.3. The van der Waals surface area contributed by atoms with Crippen LogP contribution in [0.2, 0.25) is 0 Å². The molecule has 1 aliphatic carbocycles. The van der Waals surface area contributed by atoms with E-state index >= 15 is 0 Å². The van der Waals surface area contributed by atoms with Gasteiger partial charge in [0.1, 0.15) is 0 Å². The predicted molar refractivity (Wildman–Crippen MR) is 94.2 cm³/mol. The SMILES string of the molecule is CCOc1cc(C(=O)NC2(C)CCC(C)CC2)ccc1OCC(=O)O. The van der Waals surface area contributed by atoms with Crippen LogP contribution in [0.4, 0.5) is 0 Å². The summed E-state index contributed by atoms with van der Waals surface area (Å²) in [5.74, 6) is 0.184. The van der Waals surface area contributed by atoms with Crippen molar-refractivity contribution >= 4 is 11.9 Å². The van der Waals surface area contributed by atoms with Crippen molar-refractivity contribution in [3.8, 4) is 11.5 Å². The molecule has 0 heterocycles. The number of ether oxygens (including phenoxy) is 2. The molecule has 0 spiro atoms. The van der Waals surface area contributed by atoms with E-state index in [9.17, 15) is 9.59 Å². The minimum Gasteiger partial charge on any atom is -0.490 e. The van der Waals surface area contributed by atoms with Gasteiger partial charge < -0.3 is 19.9 Å². The quantitative estimate of drug-likeness (QED) is 0.789. The highest BCUT2D eigenvalue weighted by Crippen LogP contribution is 2.32. The number of hydrogen-bond acceptors (Lipinski definition) is 4. The second kappa shape index (κ2) is 8.23. The van der Waals surface area contributed by atoms with Gasteiger partial charge in [-0.15, -0.1) is 0 Å². The third-order valence-corrected chi connectivity index (χ3v) is 4.65. The van der Waals surface area contributed by atoms with Crippen molar-refractivity contribution in [2.24, 2.45) is 5.92 Å². The Hall–Kier alpha value is -2.24. The maximum atomic E-state index is 12.6. The number of rotatable bonds is 7. The van der Waals surface area contributed by atoms with Gasteiger partial charge in [0.05, 0.1) is 6.61 Å². The van der Waals surface area contributed by atoms with Crippen molar-refractivity contribution in [2.45, 2.75) is 52.0 Å². The summed E-state index contributed by atoms with van der Waals surface area (Å²) < 4.78 is 10.7. The smallest absolute Gasteiger partial charge is 0.341 e. The summed E-state index contributed by atoms with van der Waals surface area (Å²) in [6.45, 7) is 6.08. The highest BCUT2D eigenvalue weighted by atomic mass is 16.5. The summed E-state index contributed by atoms with van der Waals surface area (Å²) in [5, 5.41) is 11.9. The summed E-state index contributed by atoms with van der Waals surface area (Å²) in [7, 11) is 0. The predicted octanol–water partition coefficient (Wildman–Crippen LogP) is 3.25. The van der Waals surface area contributed by atoms with E-state index in [1.165, 1.54) is 0 Å². The fraction of sp³-hybridized carbons (Fsp3) is 0.579. The molecule has 2 rings (SSSR count). The molecule has 0 aromatic heterocycles. The highest BCUT2D eigenvalue weighted by Gasteiger charge is 2.31. The van der Waals surface area contributed by atoms with Crippen LogP contribution >= 0.6 is 0 Å². The molecule has 1 aromatic rings. The lowest BCUT2D eigenvalue weighted by Crippen LogP contribution is -2.48. The Morgan fingerprint density at radius 2 is 1.92 bits per heavy atom. The van der Waals surface area contributed by atoms with E-state index in [2.05, 4.69) is 19.2 Å². The van der Waals surface area contributed by atoms with Crippen molar-refractivity contribution in [1.29, 1.82) is 0 Å². The third kappa shape index (κ3) is 5.37. The molecule has 0 unspecified atom stereocenters. The van der Waals surface area contributed by atoms with Crippen molar-refractivity contribution < 1.29 is 24.2 Å². The molecule has 1 aliphatic rings. The van der Waals surface area contributed by atoms with E-state index in [0.29, 0.717) is 29.6 Å². The first-order chi connectivity index (χ1) is 11.8. The number of nitrogens with one attached hydrogen (secondary N) is 1. The zero-order valence-corrected chi connectivity index (χ0v) is 15.1. The number of benzene rings is 1. The number of carbonyl (C=O) groups excluding carboxylic acids is 1. The average molecular weight is 349 g/mol. The van der Waals surface area contributed by atoms with Crippen molar-refractivity contribution in [3.05, 3.63) is 23.8 Å².